The molecule has 0 saturated heterocycles. The van der Waals surface area contributed by atoms with Crippen LogP contribution in [0.3, 0.4) is 0 Å². The molecule has 1 unspecified atom stereocenters. The average molecular weight is 272 g/mol. The smallest absolute Gasteiger partial charge is 0.0619 e. The summed E-state index contributed by atoms with van der Waals surface area (Å²) in [7, 11) is 1.74. The molecule has 0 aliphatic carbocycles. The summed E-state index contributed by atoms with van der Waals surface area (Å²) < 4.78 is 6.32. The summed E-state index contributed by atoms with van der Waals surface area (Å²) in [5.41, 5.74) is 1.33. The van der Waals surface area contributed by atoms with Crippen LogP contribution in [-0.2, 0) is 11.2 Å². The number of likely N-dealkylation sites (N-methyl/N-ethyl adjacent to an activating group) is 1. The average Bonchev–Trinajstić information content (AvgIpc) is 2.18. The van der Waals surface area contributed by atoms with Crippen LogP contribution >= 0.6 is 15.9 Å². The van der Waals surface area contributed by atoms with E-state index in [1.807, 2.05) is 6.07 Å². The van der Waals surface area contributed by atoms with Crippen LogP contribution in [0.15, 0.2) is 28.7 Å². The molecule has 0 bridgehead atoms. The Bertz CT molecular complexity index is 285. The van der Waals surface area contributed by atoms with Gasteiger partial charge in [-0.1, -0.05) is 35.0 Å². The van der Waals surface area contributed by atoms with Crippen molar-refractivity contribution in [3.8, 4) is 0 Å². The summed E-state index contributed by atoms with van der Waals surface area (Å²) in [6.45, 7) is 3.84. The lowest BCUT2D eigenvalue weighted by molar-refractivity contribution is 0.167. The number of hydrogen-bond donors (Lipinski definition) is 1. The third-order valence-corrected chi connectivity index (χ3v) is 2.73. The van der Waals surface area contributed by atoms with Gasteiger partial charge in [0.25, 0.3) is 0 Å². The highest BCUT2D eigenvalue weighted by atomic mass is 79.9. The largest absolute Gasteiger partial charge is 0.383 e. The van der Waals surface area contributed by atoms with Crippen molar-refractivity contribution in [2.75, 3.05) is 20.3 Å². The molecule has 0 saturated carbocycles. The fourth-order valence-corrected chi connectivity index (χ4v) is 2.07. The molecule has 1 aromatic rings. The van der Waals surface area contributed by atoms with Crippen LogP contribution in [0.5, 0.6) is 0 Å². The Labute approximate surface area is 100 Å². The van der Waals surface area contributed by atoms with E-state index in [9.17, 15) is 0 Å². The van der Waals surface area contributed by atoms with Crippen molar-refractivity contribution in [3.05, 3.63) is 34.3 Å². The molecule has 0 aliphatic heterocycles. The highest BCUT2D eigenvalue weighted by Gasteiger charge is 2.07. The molecule has 1 aromatic carbocycles. The molecule has 3 heteroatoms. The van der Waals surface area contributed by atoms with Gasteiger partial charge in [0.1, 0.15) is 0 Å². The van der Waals surface area contributed by atoms with Gasteiger partial charge in [-0.25, -0.2) is 0 Å². The molecule has 1 atom stereocenters. The minimum absolute atomic E-state index is 0.398. The first-order chi connectivity index (χ1) is 7.26. The standard InChI is InChI=1S/C12H18BrNO/c1-3-14-12(9-15-2)8-10-5-4-6-11(13)7-10/h4-7,12,14H,3,8-9H2,1-2H3. The summed E-state index contributed by atoms with van der Waals surface area (Å²) in [6, 6.07) is 8.80. The van der Waals surface area contributed by atoms with E-state index in [2.05, 4.69) is 46.4 Å². The maximum atomic E-state index is 5.18. The molecule has 0 amide bonds. The maximum Gasteiger partial charge on any atom is 0.0619 e. The first-order valence-corrected chi connectivity index (χ1v) is 6.02. The van der Waals surface area contributed by atoms with Gasteiger partial charge < -0.3 is 10.1 Å². The number of nitrogens with one attached hydrogen (secondary N) is 1. The molecule has 1 rings (SSSR count). The molecule has 84 valence electrons. The van der Waals surface area contributed by atoms with Gasteiger partial charge >= 0.3 is 0 Å². The summed E-state index contributed by atoms with van der Waals surface area (Å²) in [4.78, 5) is 0. The molecule has 2 nitrogen and oxygen atoms in total. The van der Waals surface area contributed by atoms with E-state index in [0.29, 0.717) is 6.04 Å². The molecular weight excluding hydrogens is 254 g/mol. The zero-order valence-corrected chi connectivity index (χ0v) is 10.9. The van der Waals surface area contributed by atoms with E-state index in [1.165, 1.54) is 5.56 Å². The summed E-state index contributed by atoms with van der Waals surface area (Å²) in [5, 5.41) is 3.41. The fourth-order valence-electron chi connectivity index (χ4n) is 1.63. The van der Waals surface area contributed by atoms with E-state index >= 15 is 0 Å². The van der Waals surface area contributed by atoms with Crippen molar-refractivity contribution in [3.63, 3.8) is 0 Å². The normalized spacial score (nSPS) is 12.7. The highest BCUT2D eigenvalue weighted by Crippen LogP contribution is 2.13. The van der Waals surface area contributed by atoms with Gasteiger partial charge in [0.2, 0.25) is 0 Å². The van der Waals surface area contributed by atoms with Gasteiger partial charge in [-0.15, -0.1) is 0 Å². The van der Waals surface area contributed by atoms with E-state index in [4.69, 9.17) is 4.74 Å². The minimum atomic E-state index is 0.398. The molecule has 0 aromatic heterocycles. The maximum absolute atomic E-state index is 5.18. The van der Waals surface area contributed by atoms with Crippen LogP contribution in [0.1, 0.15) is 12.5 Å². The third-order valence-electron chi connectivity index (χ3n) is 2.23. The predicted molar refractivity (Wildman–Crippen MR) is 67.2 cm³/mol. The van der Waals surface area contributed by atoms with Crippen molar-refractivity contribution in [2.24, 2.45) is 0 Å². The molecule has 0 spiro atoms. The van der Waals surface area contributed by atoms with Gasteiger partial charge in [0, 0.05) is 17.6 Å². The minimum Gasteiger partial charge on any atom is -0.383 e. The number of rotatable bonds is 6. The summed E-state index contributed by atoms with van der Waals surface area (Å²) >= 11 is 3.48. The zero-order chi connectivity index (χ0) is 11.1. The molecule has 0 fully saturated rings. The Balaban J connectivity index is 2.56. The number of benzene rings is 1. The van der Waals surface area contributed by atoms with Crippen molar-refractivity contribution >= 4 is 15.9 Å². The SMILES string of the molecule is CCNC(COC)Cc1cccc(Br)c1. The van der Waals surface area contributed by atoms with E-state index in [0.717, 1.165) is 24.0 Å². The number of methoxy groups -OCH3 is 1. The molecule has 0 aliphatic rings. The molecule has 15 heavy (non-hydrogen) atoms. The molecular formula is C12H18BrNO. The summed E-state index contributed by atoms with van der Waals surface area (Å²) in [6.07, 6.45) is 1.00. The van der Waals surface area contributed by atoms with Crippen LogP contribution in [0.2, 0.25) is 0 Å². The lowest BCUT2D eigenvalue weighted by Crippen LogP contribution is -2.34. The zero-order valence-electron chi connectivity index (χ0n) is 9.29. The van der Waals surface area contributed by atoms with Gasteiger partial charge in [-0.2, -0.15) is 0 Å². The lowest BCUT2D eigenvalue weighted by Gasteiger charge is -2.16. The summed E-state index contributed by atoms with van der Waals surface area (Å²) in [5.74, 6) is 0. The second-order valence-electron chi connectivity index (χ2n) is 3.54. The Morgan fingerprint density at radius 2 is 2.27 bits per heavy atom. The van der Waals surface area contributed by atoms with Crippen LogP contribution in [0.4, 0.5) is 0 Å². The Kier molecular flexibility index (Phi) is 5.91. The van der Waals surface area contributed by atoms with Crippen molar-refractivity contribution < 1.29 is 4.74 Å². The fraction of sp³-hybridized carbons (Fsp3) is 0.500. The van der Waals surface area contributed by atoms with E-state index < -0.39 is 0 Å². The molecule has 0 heterocycles. The Morgan fingerprint density at radius 3 is 2.87 bits per heavy atom. The van der Waals surface area contributed by atoms with E-state index in [1.54, 1.807) is 7.11 Å². The van der Waals surface area contributed by atoms with Gasteiger partial charge in [-0.3, -0.25) is 0 Å². The second kappa shape index (κ2) is 6.99. The number of hydrogen-bond acceptors (Lipinski definition) is 2. The van der Waals surface area contributed by atoms with Gasteiger partial charge in [-0.05, 0) is 30.7 Å². The highest BCUT2D eigenvalue weighted by molar-refractivity contribution is 9.10. The Morgan fingerprint density at radius 1 is 1.47 bits per heavy atom. The van der Waals surface area contributed by atoms with E-state index in [-0.39, 0.29) is 0 Å². The van der Waals surface area contributed by atoms with Crippen LogP contribution in [-0.4, -0.2) is 26.3 Å². The van der Waals surface area contributed by atoms with Crippen LogP contribution in [0, 0.1) is 0 Å². The predicted octanol–water partition coefficient (Wildman–Crippen LogP) is 2.62. The second-order valence-corrected chi connectivity index (χ2v) is 4.46. The molecule has 1 N–H and O–H groups in total. The first-order valence-electron chi connectivity index (χ1n) is 5.23. The molecule has 0 radical (unpaired) electrons. The van der Waals surface area contributed by atoms with Crippen molar-refractivity contribution in [1.29, 1.82) is 0 Å². The first kappa shape index (κ1) is 12.7. The third kappa shape index (κ3) is 4.78. The van der Waals surface area contributed by atoms with Crippen molar-refractivity contribution in [1.82, 2.24) is 5.32 Å². The topological polar surface area (TPSA) is 21.3 Å². The monoisotopic (exact) mass is 271 g/mol. The van der Waals surface area contributed by atoms with Crippen molar-refractivity contribution in [2.45, 2.75) is 19.4 Å². The van der Waals surface area contributed by atoms with Crippen LogP contribution in [0.25, 0.3) is 0 Å². The quantitative estimate of drug-likeness (QED) is 0.859. The van der Waals surface area contributed by atoms with Gasteiger partial charge in [0.05, 0.1) is 6.61 Å². The van der Waals surface area contributed by atoms with Gasteiger partial charge in [0.15, 0.2) is 0 Å². The lowest BCUT2D eigenvalue weighted by atomic mass is 10.1. The number of halogens is 1. The number of ether oxygens (including phenoxy) is 1. The van der Waals surface area contributed by atoms with Crippen LogP contribution < -0.4 is 5.32 Å². The Hall–Kier alpha value is -0.380.